The summed E-state index contributed by atoms with van der Waals surface area (Å²) in [5.74, 6) is 0.867. The summed E-state index contributed by atoms with van der Waals surface area (Å²) in [5.41, 5.74) is 0. The number of piperazine rings is 1. The molecule has 0 aromatic rings. The van der Waals surface area contributed by atoms with E-state index in [-0.39, 0.29) is 5.75 Å². The Bertz CT molecular complexity index is 341. The molecule has 1 fully saturated rings. The molecular formula is C13H28N2O2S. The lowest BCUT2D eigenvalue weighted by atomic mass is 9.98. The topological polar surface area (TPSA) is 49.4 Å². The monoisotopic (exact) mass is 276 g/mol. The van der Waals surface area contributed by atoms with Crippen LogP contribution in [0.15, 0.2) is 0 Å². The van der Waals surface area contributed by atoms with Gasteiger partial charge in [0.1, 0.15) is 9.84 Å². The van der Waals surface area contributed by atoms with Crippen LogP contribution in [0.4, 0.5) is 0 Å². The third-order valence-corrected chi connectivity index (χ3v) is 4.66. The van der Waals surface area contributed by atoms with Crippen molar-refractivity contribution in [2.45, 2.75) is 45.7 Å². The third kappa shape index (κ3) is 5.24. The Morgan fingerprint density at radius 2 is 2.06 bits per heavy atom. The fraction of sp³-hybridized carbons (Fsp3) is 1.00. The van der Waals surface area contributed by atoms with Gasteiger partial charge >= 0.3 is 0 Å². The van der Waals surface area contributed by atoms with Crippen molar-refractivity contribution in [2.24, 2.45) is 5.92 Å². The minimum atomic E-state index is -2.86. The van der Waals surface area contributed by atoms with Crippen molar-refractivity contribution in [3.05, 3.63) is 0 Å². The molecule has 0 aliphatic carbocycles. The SMILES string of the molecule is CCCC1CNC(C(C)C)CN1CCS(C)(=O)=O. The van der Waals surface area contributed by atoms with E-state index >= 15 is 0 Å². The Hall–Kier alpha value is -0.130. The van der Waals surface area contributed by atoms with E-state index in [1.54, 1.807) is 0 Å². The zero-order chi connectivity index (χ0) is 13.8. The van der Waals surface area contributed by atoms with Gasteiger partial charge in [-0.05, 0) is 12.3 Å². The molecule has 0 bridgehead atoms. The summed E-state index contributed by atoms with van der Waals surface area (Å²) < 4.78 is 22.6. The fourth-order valence-electron chi connectivity index (χ4n) is 2.50. The van der Waals surface area contributed by atoms with Crippen LogP contribution in [-0.2, 0) is 9.84 Å². The average molecular weight is 276 g/mol. The van der Waals surface area contributed by atoms with Crippen molar-refractivity contribution in [1.29, 1.82) is 0 Å². The molecule has 4 nitrogen and oxygen atoms in total. The highest BCUT2D eigenvalue weighted by atomic mass is 32.2. The molecule has 2 unspecified atom stereocenters. The molecule has 0 saturated carbocycles. The van der Waals surface area contributed by atoms with Gasteiger partial charge in [0.05, 0.1) is 5.75 Å². The molecular weight excluding hydrogens is 248 g/mol. The number of hydrogen-bond donors (Lipinski definition) is 1. The molecule has 1 rings (SSSR count). The maximum Gasteiger partial charge on any atom is 0.148 e. The van der Waals surface area contributed by atoms with Crippen LogP contribution in [0, 0.1) is 5.92 Å². The van der Waals surface area contributed by atoms with Crippen molar-refractivity contribution in [1.82, 2.24) is 10.2 Å². The molecule has 108 valence electrons. The molecule has 1 N–H and O–H groups in total. The Morgan fingerprint density at radius 1 is 1.39 bits per heavy atom. The van der Waals surface area contributed by atoms with Gasteiger partial charge in [0.15, 0.2) is 0 Å². The van der Waals surface area contributed by atoms with E-state index in [2.05, 4.69) is 31.0 Å². The number of rotatable bonds is 6. The van der Waals surface area contributed by atoms with E-state index < -0.39 is 9.84 Å². The second-order valence-electron chi connectivity index (χ2n) is 5.83. The average Bonchev–Trinajstić information content (AvgIpc) is 2.26. The van der Waals surface area contributed by atoms with Crippen molar-refractivity contribution in [3.63, 3.8) is 0 Å². The normalized spacial score (nSPS) is 26.7. The van der Waals surface area contributed by atoms with Gasteiger partial charge in [0.2, 0.25) is 0 Å². The Labute approximate surface area is 112 Å². The highest BCUT2D eigenvalue weighted by Gasteiger charge is 2.28. The first-order chi connectivity index (χ1) is 8.33. The van der Waals surface area contributed by atoms with Gasteiger partial charge in [-0.15, -0.1) is 0 Å². The quantitative estimate of drug-likeness (QED) is 0.790. The second kappa shape index (κ2) is 6.87. The van der Waals surface area contributed by atoms with Crippen LogP contribution in [0.25, 0.3) is 0 Å². The van der Waals surface area contributed by atoms with Crippen molar-refractivity contribution in [2.75, 3.05) is 31.6 Å². The number of sulfone groups is 1. The standard InChI is InChI=1S/C13H28N2O2S/c1-5-6-12-9-14-13(11(2)3)10-15(12)7-8-18(4,16)17/h11-14H,5-10H2,1-4H3. The molecule has 1 saturated heterocycles. The van der Waals surface area contributed by atoms with Crippen molar-refractivity contribution in [3.8, 4) is 0 Å². The summed E-state index contributed by atoms with van der Waals surface area (Å²) in [7, 11) is -2.86. The predicted molar refractivity (Wildman–Crippen MR) is 76.6 cm³/mol. The first-order valence-electron chi connectivity index (χ1n) is 6.98. The summed E-state index contributed by atoms with van der Waals surface area (Å²) in [6, 6.07) is 0.976. The van der Waals surface area contributed by atoms with Crippen LogP contribution in [0.3, 0.4) is 0 Å². The largest absolute Gasteiger partial charge is 0.311 e. The Morgan fingerprint density at radius 3 is 2.56 bits per heavy atom. The first kappa shape index (κ1) is 15.9. The van der Waals surface area contributed by atoms with E-state index in [1.165, 1.54) is 6.26 Å². The highest BCUT2D eigenvalue weighted by Crippen LogP contribution is 2.16. The van der Waals surface area contributed by atoms with Crippen LogP contribution in [0.2, 0.25) is 0 Å². The Balaban J connectivity index is 2.60. The number of nitrogens with one attached hydrogen (secondary N) is 1. The summed E-state index contributed by atoms with van der Waals surface area (Å²) in [6.45, 7) is 9.25. The van der Waals surface area contributed by atoms with Crippen molar-refractivity contribution >= 4 is 9.84 Å². The lowest BCUT2D eigenvalue weighted by Gasteiger charge is -2.42. The minimum Gasteiger partial charge on any atom is -0.311 e. The molecule has 0 aromatic carbocycles. The van der Waals surface area contributed by atoms with Gasteiger partial charge < -0.3 is 5.32 Å². The second-order valence-corrected chi connectivity index (χ2v) is 8.09. The number of hydrogen-bond acceptors (Lipinski definition) is 4. The van der Waals surface area contributed by atoms with Gasteiger partial charge in [0.25, 0.3) is 0 Å². The molecule has 1 aliphatic heterocycles. The van der Waals surface area contributed by atoms with Gasteiger partial charge in [-0.1, -0.05) is 27.2 Å². The Kier molecular flexibility index (Phi) is 6.08. The highest BCUT2D eigenvalue weighted by molar-refractivity contribution is 7.90. The van der Waals surface area contributed by atoms with Gasteiger partial charge in [-0.2, -0.15) is 0 Å². The molecule has 0 aromatic heterocycles. The van der Waals surface area contributed by atoms with Gasteiger partial charge in [0, 0.05) is 38.0 Å². The van der Waals surface area contributed by atoms with Crippen LogP contribution < -0.4 is 5.32 Å². The molecule has 18 heavy (non-hydrogen) atoms. The zero-order valence-corrected chi connectivity index (χ0v) is 13.0. The van der Waals surface area contributed by atoms with E-state index in [0.717, 1.165) is 25.9 Å². The molecule has 0 spiro atoms. The van der Waals surface area contributed by atoms with E-state index in [0.29, 0.717) is 24.5 Å². The van der Waals surface area contributed by atoms with Crippen LogP contribution in [-0.4, -0.2) is 57.0 Å². The van der Waals surface area contributed by atoms with Crippen LogP contribution in [0.1, 0.15) is 33.6 Å². The number of nitrogens with zero attached hydrogens (tertiary/aromatic N) is 1. The predicted octanol–water partition coefficient (Wildman–Crippen LogP) is 1.13. The summed E-state index contributed by atoms with van der Waals surface area (Å²) in [6.07, 6.45) is 3.61. The maximum absolute atomic E-state index is 11.3. The summed E-state index contributed by atoms with van der Waals surface area (Å²) in [5, 5.41) is 3.59. The maximum atomic E-state index is 11.3. The van der Waals surface area contributed by atoms with Crippen LogP contribution in [0.5, 0.6) is 0 Å². The summed E-state index contributed by atoms with van der Waals surface area (Å²) >= 11 is 0. The molecule has 1 aliphatic rings. The summed E-state index contributed by atoms with van der Waals surface area (Å²) in [4.78, 5) is 2.37. The molecule has 5 heteroatoms. The van der Waals surface area contributed by atoms with E-state index in [4.69, 9.17) is 0 Å². The zero-order valence-electron chi connectivity index (χ0n) is 12.1. The molecule has 0 radical (unpaired) electrons. The van der Waals surface area contributed by atoms with Crippen molar-refractivity contribution < 1.29 is 8.42 Å². The first-order valence-corrected chi connectivity index (χ1v) is 9.04. The molecule has 0 amide bonds. The third-order valence-electron chi connectivity index (χ3n) is 3.74. The van der Waals surface area contributed by atoms with Gasteiger partial charge in [-0.25, -0.2) is 8.42 Å². The smallest absolute Gasteiger partial charge is 0.148 e. The molecule has 2 atom stereocenters. The lowest BCUT2D eigenvalue weighted by Crippen LogP contribution is -2.58. The van der Waals surface area contributed by atoms with E-state index in [9.17, 15) is 8.42 Å². The van der Waals surface area contributed by atoms with E-state index in [1.807, 2.05) is 0 Å². The fourth-order valence-corrected chi connectivity index (χ4v) is 3.07. The van der Waals surface area contributed by atoms with Gasteiger partial charge in [-0.3, -0.25) is 4.90 Å². The lowest BCUT2D eigenvalue weighted by molar-refractivity contribution is 0.114. The molecule has 1 heterocycles. The van der Waals surface area contributed by atoms with Crippen LogP contribution >= 0.6 is 0 Å². The minimum absolute atomic E-state index is 0.276.